The first-order chi connectivity index (χ1) is 6.90. The van der Waals surface area contributed by atoms with Crippen LogP contribution in [0.1, 0.15) is 38.7 Å². The van der Waals surface area contributed by atoms with Crippen LogP contribution in [-0.4, -0.2) is 16.1 Å². The van der Waals surface area contributed by atoms with Crippen LogP contribution in [0.2, 0.25) is 0 Å². The first-order valence-electron chi connectivity index (χ1n) is 5.03. The van der Waals surface area contributed by atoms with Gasteiger partial charge >= 0.3 is 5.97 Å². The normalized spacial score (nSPS) is 13.5. The summed E-state index contributed by atoms with van der Waals surface area (Å²) in [6, 6.07) is 3.59. The second-order valence-electron chi connectivity index (χ2n) is 4.94. The number of rotatable bonds is 3. The minimum absolute atomic E-state index is 0.00109. The van der Waals surface area contributed by atoms with Gasteiger partial charge in [-0.3, -0.25) is 9.78 Å². The van der Waals surface area contributed by atoms with Crippen molar-refractivity contribution in [3.05, 3.63) is 30.1 Å². The lowest BCUT2D eigenvalue weighted by atomic mass is 9.82. The number of hydrogen-bond acceptors (Lipinski definition) is 2. The van der Waals surface area contributed by atoms with Gasteiger partial charge in [0.15, 0.2) is 0 Å². The molecule has 1 N–H and O–H groups in total. The fraction of sp³-hybridized carbons (Fsp3) is 0.500. The van der Waals surface area contributed by atoms with Gasteiger partial charge in [0.25, 0.3) is 0 Å². The number of nitrogens with zero attached hydrogens (tertiary/aromatic N) is 1. The fourth-order valence-electron chi connectivity index (χ4n) is 1.54. The van der Waals surface area contributed by atoms with Gasteiger partial charge < -0.3 is 5.11 Å². The van der Waals surface area contributed by atoms with Gasteiger partial charge in [0.1, 0.15) is 0 Å². The molecule has 1 rings (SSSR count). The van der Waals surface area contributed by atoms with E-state index in [0.717, 1.165) is 5.56 Å². The second kappa shape index (κ2) is 4.43. The van der Waals surface area contributed by atoms with Gasteiger partial charge in [-0.15, -0.1) is 0 Å². The Hall–Kier alpha value is -1.38. The van der Waals surface area contributed by atoms with E-state index in [1.807, 2.05) is 26.8 Å². The summed E-state index contributed by atoms with van der Waals surface area (Å²) in [4.78, 5) is 15.1. The molecule has 0 saturated heterocycles. The van der Waals surface area contributed by atoms with Gasteiger partial charge in [0, 0.05) is 12.4 Å². The number of aliphatic carboxylic acids is 1. The summed E-state index contributed by atoms with van der Waals surface area (Å²) < 4.78 is 0. The number of carboxylic acids is 1. The largest absolute Gasteiger partial charge is 0.481 e. The summed E-state index contributed by atoms with van der Waals surface area (Å²) in [7, 11) is 0. The molecule has 1 aromatic heterocycles. The number of carbonyl (C=O) groups is 1. The van der Waals surface area contributed by atoms with Gasteiger partial charge in [-0.05, 0) is 23.5 Å². The maximum atomic E-state index is 11.1. The van der Waals surface area contributed by atoms with Gasteiger partial charge in [-0.2, -0.15) is 0 Å². The number of hydrogen-bond donors (Lipinski definition) is 1. The maximum absolute atomic E-state index is 11.1. The van der Waals surface area contributed by atoms with Crippen LogP contribution < -0.4 is 0 Å². The average molecular weight is 207 g/mol. The van der Waals surface area contributed by atoms with E-state index in [-0.39, 0.29) is 5.41 Å². The van der Waals surface area contributed by atoms with Crippen molar-refractivity contribution < 1.29 is 9.90 Å². The Morgan fingerprint density at radius 2 is 2.20 bits per heavy atom. The molecule has 82 valence electrons. The van der Waals surface area contributed by atoms with Crippen molar-refractivity contribution in [1.29, 1.82) is 0 Å². The Bertz CT molecular complexity index is 327. The first-order valence-corrected chi connectivity index (χ1v) is 5.03. The van der Waals surface area contributed by atoms with Crippen LogP contribution in [0.25, 0.3) is 0 Å². The molecule has 15 heavy (non-hydrogen) atoms. The summed E-state index contributed by atoms with van der Waals surface area (Å²) in [5.41, 5.74) is 0.777. The molecular formula is C12H17NO2. The molecule has 0 bridgehead atoms. The molecule has 0 saturated carbocycles. The van der Waals surface area contributed by atoms with E-state index in [1.165, 1.54) is 0 Å². The topological polar surface area (TPSA) is 50.2 Å². The lowest BCUT2D eigenvalue weighted by molar-refractivity contribution is -0.139. The van der Waals surface area contributed by atoms with Gasteiger partial charge in [-0.1, -0.05) is 26.8 Å². The zero-order chi connectivity index (χ0) is 11.5. The minimum Gasteiger partial charge on any atom is -0.481 e. The van der Waals surface area contributed by atoms with Crippen molar-refractivity contribution in [3.8, 4) is 0 Å². The van der Waals surface area contributed by atoms with E-state index >= 15 is 0 Å². The summed E-state index contributed by atoms with van der Waals surface area (Å²) in [5.74, 6) is -1.24. The smallest absolute Gasteiger partial charge is 0.311 e. The second-order valence-corrected chi connectivity index (χ2v) is 4.94. The third-order valence-corrected chi connectivity index (χ3v) is 2.20. The van der Waals surface area contributed by atoms with Crippen molar-refractivity contribution in [2.24, 2.45) is 5.41 Å². The molecule has 0 aromatic carbocycles. The molecule has 1 aromatic rings. The molecule has 0 amide bonds. The van der Waals surface area contributed by atoms with E-state index in [0.29, 0.717) is 6.42 Å². The van der Waals surface area contributed by atoms with Crippen LogP contribution in [0.3, 0.4) is 0 Å². The van der Waals surface area contributed by atoms with E-state index in [9.17, 15) is 4.79 Å². The van der Waals surface area contributed by atoms with E-state index < -0.39 is 11.9 Å². The minimum atomic E-state index is -0.780. The zero-order valence-corrected chi connectivity index (χ0v) is 9.40. The van der Waals surface area contributed by atoms with Crippen LogP contribution in [0.4, 0.5) is 0 Å². The lowest BCUT2D eigenvalue weighted by Gasteiger charge is -2.23. The van der Waals surface area contributed by atoms with Gasteiger partial charge in [-0.25, -0.2) is 0 Å². The highest BCUT2D eigenvalue weighted by Gasteiger charge is 2.25. The summed E-state index contributed by atoms with van der Waals surface area (Å²) in [6.07, 6.45) is 3.90. The molecule has 1 heterocycles. The Labute approximate surface area is 90.2 Å². The number of carboxylic acid groups (broad SMARTS) is 1. The van der Waals surface area contributed by atoms with Crippen LogP contribution >= 0.6 is 0 Å². The molecule has 3 heteroatoms. The van der Waals surface area contributed by atoms with Gasteiger partial charge in [0.2, 0.25) is 0 Å². The molecule has 0 aliphatic carbocycles. The lowest BCUT2D eigenvalue weighted by Crippen LogP contribution is -2.19. The van der Waals surface area contributed by atoms with Crippen LogP contribution in [0.5, 0.6) is 0 Å². The van der Waals surface area contributed by atoms with E-state index in [1.54, 1.807) is 18.5 Å². The average Bonchev–Trinajstić information content (AvgIpc) is 2.14. The Morgan fingerprint density at radius 1 is 1.53 bits per heavy atom. The third kappa shape index (κ3) is 3.70. The summed E-state index contributed by atoms with van der Waals surface area (Å²) in [6.45, 7) is 6.12. The van der Waals surface area contributed by atoms with Crippen LogP contribution in [0, 0.1) is 5.41 Å². The molecule has 0 aliphatic rings. The molecule has 1 atom stereocenters. The molecule has 0 aliphatic heterocycles. The van der Waals surface area contributed by atoms with Crippen molar-refractivity contribution in [2.75, 3.05) is 0 Å². The number of pyridine rings is 1. The molecule has 0 spiro atoms. The van der Waals surface area contributed by atoms with E-state index in [4.69, 9.17) is 5.11 Å². The molecule has 0 fully saturated rings. The third-order valence-electron chi connectivity index (χ3n) is 2.20. The monoisotopic (exact) mass is 207 g/mol. The Morgan fingerprint density at radius 3 is 2.60 bits per heavy atom. The van der Waals surface area contributed by atoms with Crippen LogP contribution in [-0.2, 0) is 4.79 Å². The fourth-order valence-corrected chi connectivity index (χ4v) is 1.54. The van der Waals surface area contributed by atoms with Gasteiger partial charge in [0.05, 0.1) is 5.92 Å². The van der Waals surface area contributed by atoms with Crippen molar-refractivity contribution >= 4 is 5.97 Å². The predicted molar refractivity (Wildman–Crippen MR) is 58.7 cm³/mol. The highest BCUT2D eigenvalue weighted by atomic mass is 16.4. The Balaban J connectivity index is 2.90. The van der Waals surface area contributed by atoms with Crippen molar-refractivity contribution in [2.45, 2.75) is 33.1 Å². The highest BCUT2D eigenvalue weighted by Crippen LogP contribution is 2.30. The summed E-state index contributed by atoms with van der Waals surface area (Å²) >= 11 is 0. The van der Waals surface area contributed by atoms with Crippen LogP contribution in [0.15, 0.2) is 24.5 Å². The van der Waals surface area contributed by atoms with Crippen molar-refractivity contribution in [3.63, 3.8) is 0 Å². The molecular weight excluding hydrogens is 190 g/mol. The van der Waals surface area contributed by atoms with Crippen molar-refractivity contribution in [1.82, 2.24) is 4.98 Å². The quantitative estimate of drug-likeness (QED) is 0.829. The zero-order valence-electron chi connectivity index (χ0n) is 9.40. The summed E-state index contributed by atoms with van der Waals surface area (Å²) in [5, 5.41) is 9.16. The predicted octanol–water partition coefficient (Wildman–Crippen LogP) is 2.69. The highest BCUT2D eigenvalue weighted by molar-refractivity contribution is 5.75. The molecule has 0 radical (unpaired) electrons. The van der Waals surface area contributed by atoms with E-state index in [2.05, 4.69) is 4.98 Å². The Kier molecular flexibility index (Phi) is 3.45. The molecule has 1 unspecified atom stereocenters. The standard InChI is InChI=1S/C12H17NO2/c1-12(2,3)7-10(11(14)15)9-5-4-6-13-8-9/h4-6,8,10H,7H2,1-3H3,(H,14,15). The number of aromatic nitrogens is 1. The maximum Gasteiger partial charge on any atom is 0.311 e. The molecule has 3 nitrogen and oxygen atoms in total. The SMILES string of the molecule is CC(C)(C)CC(C(=O)O)c1cccnc1. The first kappa shape index (κ1) is 11.7.